The van der Waals surface area contributed by atoms with Crippen molar-refractivity contribution in [1.82, 2.24) is 0 Å². The van der Waals surface area contributed by atoms with Crippen molar-refractivity contribution in [3.8, 4) is 0 Å². The molecule has 0 aliphatic carbocycles. The first-order valence-corrected chi connectivity index (χ1v) is 4.60. The molecule has 2 N–H and O–H groups in total. The minimum absolute atomic E-state index is 0.889. The molecule has 0 aromatic heterocycles. The molecule has 0 heterocycles. The highest BCUT2D eigenvalue weighted by Gasteiger charge is 1.93. The van der Waals surface area contributed by atoms with Crippen LogP contribution in [-0.4, -0.2) is 0 Å². The van der Waals surface area contributed by atoms with Crippen LogP contribution < -0.4 is 5.73 Å². The highest BCUT2D eigenvalue weighted by Crippen LogP contribution is 2.08. The molecule has 0 unspecified atom stereocenters. The average molecular weight is 185 g/mol. The van der Waals surface area contributed by atoms with Crippen LogP contribution in [0.3, 0.4) is 0 Å². The second-order valence-corrected chi connectivity index (χ2v) is 3.00. The number of allylic oxidation sites excluding steroid dienone is 4. The van der Waals surface area contributed by atoms with Gasteiger partial charge in [0.1, 0.15) is 0 Å². The zero-order valence-electron chi connectivity index (χ0n) is 8.19. The summed E-state index contributed by atoms with van der Waals surface area (Å²) in [4.78, 5) is 0. The van der Waals surface area contributed by atoms with Gasteiger partial charge in [-0.2, -0.15) is 0 Å². The van der Waals surface area contributed by atoms with E-state index in [1.165, 1.54) is 5.56 Å². The maximum atomic E-state index is 5.36. The third kappa shape index (κ3) is 3.31. The normalized spacial score (nSPS) is 11.9. The predicted molar refractivity (Wildman–Crippen MR) is 61.8 cm³/mol. The summed E-state index contributed by atoms with van der Waals surface area (Å²) in [7, 11) is 0. The van der Waals surface area contributed by atoms with Gasteiger partial charge in [-0.15, -0.1) is 0 Å². The van der Waals surface area contributed by atoms with Crippen molar-refractivity contribution in [2.45, 2.75) is 6.42 Å². The summed E-state index contributed by atoms with van der Waals surface area (Å²) in [5, 5.41) is 0. The van der Waals surface area contributed by atoms with Crippen LogP contribution in [0.4, 0.5) is 0 Å². The molecule has 0 bridgehead atoms. The van der Waals surface area contributed by atoms with Crippen LogP contribution in [0.1, 0.15) is 5.56 Å². The van der Waals surface area contributed by atoms with Crippen LogP contribution in [-0.2, 0) is 6.42 Å². The van der Waals surface area contributed by atoms with Crippen LogP contribution in [0.2, 0.25) is 0 Å². The van der Waals surface area contributed by atoms with E-state index >= 15 is 0 Å². The molecular formula is C13H15N. The Bertz CT molecular complexity index is 334. The van der Waals surface area contributed by atoms with E-state index in [0.717, 1.165) is 12.0 Å². The van der Waals surface area contributed by atoms with Crippen LogP contribution in [0.5, 0.6) is 0 Å². The van der Waals surface area contributed by atoms with Gasteiger partial charge in [-0.25, -0.2) is 0 Å². The number of hydrogen-bond acceptors (Lipinski definition) is 1. The maximum Gasteiger partial charge on any atom is -0.00252 e. The van der Waals surface area contributed by atoms with Gasteiger partial charge in [0.2, 0.25) is 0 Å². The number of benzene rings is 1. The van der Waals surface area contributed by atoms with Crippen LogP contribution >= 0.6 is 0 Å². The molecule has 1 aromatic carbocycles. The zero-order valence-corrected chi connectivity index (χ0v) is 8.19. The Kier molecular flexibility index (Phi) is 4.29. The van der Waals surface area contributed by atoms with Gasteiger partial charge >= 0.3 is 0 Å². The van der Waals surface area contributed by atoms with Gasteiger partial charge in [-0.1, -0.05) is 49.1 Å². The maximum absolute atomic E-state index is 5.36. The van der Waals surface area contributed by atoms with Crippen LogP contribution in [0, 0.1) is 0 Å². The Morgan fingerprint density at radius 1 is 1.29 bits per heavy atom. The number of hydrogen-bond donors (Lipinski definition) is 1. The average Bonchev–Trinajstić information content (AvgIpc) is 2.20. The Balaban J connectivity index is 2.75. The molecule has 0 saturated carbocycles. The monoisotopic (exact) mass is 185 g/mol. The molecule has 1 nitrogen and oxygen atoms in total. The molecule has 1 aromatic rings. The van der Waals surface area contributed by atoms with E-state index in [1.807, 2.05) is 30.4 Å². The molecule has 0 radical (unpaired) electrons. The number of rotatable bonds is 4. The highest BCUT2D eigenvalue weighted by atomic mass is 14.5. The molecule has 0 fully saturated rings. The van der Waals surface area contributed by atoms with Gasteiger partial charge < -0.3 is 5.73 Å². The van der Waals surface area contributed by atoms with E-state index in [0.29, 0.717) is 0 Å². The molecule has 72 valence electrons. The van der Waals surface area contributed by atoms with Gasteiger partial charge in [0, 0.05) is 0 Å². The molecule has 0 atom stereocenters. The van der Waals surface area contributed by atoms with E-state index in [9.17, 15) is 0 Å². The van der Waals surface area contributed by atoms with Gasteiger partial charge in [-0.3, -0.25) is 0 Å². The van der Waals surface area contributed by atoms with Crippen molar-refractivity contribution in [3.05, 3.63) is 72.5 Å². The Labute approximate surface area is 85.3 Å². The first kappa shape index (κ1) is 10.3. The second kappa shape index (κ2) is 5.81. The smallest absolute Gasteiger partial charge is 0.00252 e. The summed E-state index contributed by atoms with van der Waals surface area (Å²) >= 11 is 0. The summed E-state index contributed by atoms with van der Waals surface area (Å²) in [5.74, 6) is 0. The molecule has 0 aliphatic rings. The lowest BCUT2D eigenvalue weighted by atomic mass is 10.0. The molecule has 14 heavy (non-hydrogen) atoms. The lowest BCUT2D eigenvalue weighted by Crippen LogP contribution is -1.88. The zero-order chi connectivity index (χ0) is 10.2. The molecule has 0 spiro atoms. The van der Waals surface area contributed by atoms with Gasteiger partial charge in [-0.05, 0) is 29.8 Å². The van der Waals surface area contributed by atoms with Crippen molar-refractivity contribution >= 4 is 0 Å². The predicted octanol–water partition coefficient (Wildman–Crippen LogP) is 2.81. The van der Waals surface area contributed by atoms with E-state index in [2.05, 4.69) is 18.7 Å². The van der Waals surface area contributed by atoms with Crippen molar-refractivity contribution in [2.75, 3.05) is 0 Å². The summed E-state index contributed by atoms with van der Waals surface area (Å²) in [6, 6.07) is 10.3. The number of nitrogens with two attached hydrogens (primary N) is 1. The largest absolute Gasteiger partial charge is 0.405 e. The fourth-order valence-corrected chi connectivity index (χ4v) is 1.28. The molecule has 0 aliphatic heterocycles. The van der Waals surface area contributed by atoms with Crippen LogP contribution in [0.25, 0.3) is 0 Å². The summed E-state index contributed by atoms with van der Waals surface area (Å²) in [6.45, 7) is 3.67. The van der Waals surface area contributed by atoms with E-state index in [4.69, 9.17) is 5.73 Å². The standard InChI is InChI=1S/C13H15N/c1-2-6-12(9-10-14)11-13-7-4-3-5-8-13/h2-10H,1,11,14H2/b10-9-,12-6+. The highest BCUT2D eigenvalue weighted by molar-refractivity contribution is 5.30. The van der Waals surface area contributed by atoms with Crippen molar-refractivity contribution in [2.24, 2.45) is 5.73 Å². The van der Waals surface area contributed by atoms with E-state index in [1.54, 1.807) is 12.3 Å². The van der Waals surface area contributed by atoms with Crippen LogP contribution in [0.15, 0.2) is 66.9 Å². The molecule has 1 rings (SSSR count). The summed E-state index contributed by atoms with van der Waals surface area (Å²) < 4.78 is 0. The molecule has 1 heteroatoms. The van der Waals surface area contributed by atoms with Crippen molar-refractivity contribution in [3.63, 3.8) is 0 Å². The fourth-order valence-electron chi connectivity index (χ4n) is 1.28. The first-order valence-electron chi connectivity index (χ1n) is 4.60. The van der Waals surface area contributed by atoms with Crippen molar-refractivity contribution in [1.29, 1.82) is 0 Å². The SMILES string of the molecule is C=C/C=C(\C=C/N)Cc1ccccc1. The third-order valence-electron chi connectivity index (χ3n) is 1.89. The van der Waals surface area contributed by atoms with Gasteiger partial charge in [0.05, 0.1) is 0 Å². The fraction of sp³-hybridized carbons (Fsp3) is 0.0769. The minimum atomic E-state index is 0.889. The third-order valence-corrected chi connectivity index (χ3v) is 1.89. The van der Waals surface area contributed by atoms with Gasteiger partial charge in [0.25, 0.3) is 0 Å². The minimum Gasteiger partial charge on any atom is -0.405 e. The molecule has 0 saturated heterocycles. The quantitative estimate of drug-likeness (QED) is 0.717. The van der Waals surface area contributed by atoms with Gasteiger partial charge in [0.15, 0.2) is 0 Å². The molecular weight excluding hydrogens is 170 g/mol. The summed E-state index contributed by atoms with van der Waals surface area (Å²) in [5.41, 5.74) is 7.80. The Morgan fingerprint density at radius 2 is 2.00 bits per heavy atom. The van der Waals surface area contributed by atoms with E-state index < -0.39 is 0 Å². The Hall–Kier alpha value is -1.76. The lowest BCUT2D eigenvalue weighted by Gasteiger charge is -2.01. The van der Waals surface area contributed by atoms with E-state index in [-0.39, 0.29) is 0 Å². The lowest BCUT2D eigenvalue weighted by molar-refractivity contribution is 1.19. The van der Waals surface area contributed by atoms with Crippen molar-refractivity contribution < 1.29 is 0 Å². The topological polar surface area (TPSA) is 26.0 Å². The summed E-state index contributed by atoms with van der Waals surface area (Å²) in [6.07, 6.45) is 8.09. The Morgan fingerprint density at radius 3 is 2.57 bits per heavy atom. The molecule has 0 amide bonds. The first-order chi connectivity index (χ1) is 6.86. The second-order valence-electron chi connectivity index (χ2n) is 3.00.